The van der Waals surface area contributed by atoms with E-state index in [2.05, 4.69) is 89.6 Å². The summed E-state index contributed by atoms with van der Waals surface area (Å²) < 4.78 is 2.38. The first-order valence-corrected chi connectivity index (χ1v) is 10.7. The Morgan fingerprint density at radius 1 is 0.792 bits per heavy atom. The molecule has 0 fully saturated rings. The molecule has 0 bridgehead atoms. The molecular weight excluding hydrogens is 329 g/mol. The molecule has 3 aromatic rings. The van der Waals surface area contributed by atoms with Crippen LogP contribution in [0.2, 0.25) is 0 Å². The zero-order valence-corrected chi connectivity index (χ0v) is 15.1. The molecule has 0 saturated heterocycles. The first kappa shape index (κ1) is 15.5. The molecule has 3 aromatic carbocycles. The van der Waals surface area contributed by atoms with Gasteiger partial charge in [-0.1, -0.05) is 66.7 Å². The van der Waals surface area contributed by atoms with Crippen molar-refractivity contribution in [1.29, 1.82) is 0 Å². The van der Waals surface area contributed by atoms with Gasteiger partial charge in [-0.2, -0.15) is 4.67 Å². The average Bonchev–Trinajstić information content (AvgIpc) is 2.93. The Morgan fingerprint density at radius 2 is 1.42 bits per heavy atom. The lowest BCUT2D eigenvalue weighted by Gasteiger charge is -2.10. The second kappa shape index (κ2) is 6.84. The van der Waals surface area contributed by atoms with Crippen molar-refractivity contribution >= 4 is 30.0 Å². The highest BCUT2D eigenvalue weighted by molar-refractivity contribution is 8.06. The number of hydrogen-bond acceptors (Lipinski definition) is 1. The van der Waals surface area contributed by atoms with Crippen molar-refractivity contribution in [2.75, 3.05) is 4.67 Å². The van der Waals surface area contributed by atoms with Gasteiger partial charge in [0.2, 0.25) is 0 Å². The predicted octanol–water partition coefficient (Wildman–Crippen LogP) is 6.37. The maximum atomic E-state index is 6.04. The number of para-hydroxylation sites is 2. The summed E-state index contributed by atoms with van der Waals surface area (Å²) in [6, 6.07) is 30.0. The van der Waals surface area contributed by atoms with Crippen LogP contribution in [0.4, 0.5) is 11.4 Å². The summed E-state index contributed by atoms with van der Waals surface area (Å²) >= 11 is 6.04. The van der Waals surface area contributed by atoms with Crippen molar-refractivity contribution in [3.8, 4) is 0 Å². The van der Waals surface area contributed by atoms with E-state index in [0.717, 1.165) is 12.8 Å². The molecule has 3 heteroatoms. The maximum absolute atomic E-state index is 6.04. The third-order valence-electron chi connectivity index (χ3n) is 4.54. The van der Waals surface area contributed by atoms with Crippen LogP contribution in [0.1, 0.15) is 23.2 Å². The molecule has 1 heterocycles. The van der Waals surface area contributed by atoms with Gasteiger partial charge in [0, 0.05) is 12.0 Å². The van der Waals surface area contributed by atoms with E-state index in [1.807, 2.05) is 0 Å². The van der Waals surface area contributed by atoms with Crippen molar-refractivity contribution < 1.29 is 0 Å². The van der Waals surface area contributed by atoms with Crippen LogP contribution < -0.4 is 4.67 Å². The van der Waals surface area contributed by atoms with Gasteiger partial charge < -0.3 is 0 Å². The van der Waals surface area contributed by atoms with Gasteiger partial charge in [0.25, 0.3) is 0 Å². The zero-order valence-electron chi connectivity index (χ0n) is 13.4. The minimum Gasteiger partial charge on any atom is -0.157 e. The normalized spacial score (nSPS) is 17.8. The fraction of sp³-hybridized carbons (Fsp3) is 0.143. The molecule has 0 spiro atoms. The highest BCUT2D eigenvalue weighted by atomic mass is 32.4. The predicted molar refractivity (Wildman–Crippen MR) is 107 cm³/mol. The molecule has 2 unspecified atom stereocenters. The fourth-order valence-electron chi connectivity index (χ4n) is 3.36. The molecule has 118 valence electrons. The summed E-state index contributed by atoms with van der Waals surface area (Å²) in [5.74, 6) is 0. The van der Waals surface area contributed by atoms with Gasteiger partial charge in [0.15, 0.2) is 17.5 Å². The first-order valence-electron chi connectivity index (χ1n) is 8.29. The average molecular weight is 348 g/mol. The second-order valence-electron chi connectivity index (χ2n) is 6.05. The Kier molecular flexibility index (Phi) is 4.42. The molecule has 0 saturated carbocycles. The van der Waals surface area contributed by atoms with E-state index < -0.39 is 6.85 Å². The van der Waals surface area contributed by atoms with Gasteiger partial charge in [-0.3, -0.25) is 0 Å². The highest BCUT2D eigenvalue weighted by Gasteiger charge is 2.44. The van der Waals surface area contributed by atoms with Crippen LogP contribution in [-0.2, 0) is 18.2 Å². The van der Waals surface area contributed by atoms with E-state index in [4.69, 9.17) is 11.8 Å². The summed E-state index contributed by atoms with van der Waals surface area (Å²) in [4.78, 5) is 0. The highest BCUT2D eigenvalue weighted by Crippen LogP contribution is 2.61. The Labute approximate surface area is 149 Å². The van der Waals surface area contributed by atoms with Crippen molar-refractivity contribution in [1.82, 2.24) is 0 Å². The van der Waals surface area contributed by atoms with Gasteiger partial charge >= 0.3 is 6.85 Å². The fourth-order valence-corrected chi connectivity index (χ4v) is 6.41. The monoisotopic (exact) mass is 348 g/mol. The third kappa shape index (κ3) is 2.88. The van der Waals surface area contributed by atoms with Crippen LogP contribution in [-0.4, -0.2) is 0 Å². The van der Waals surface area contributed by atoms with E-state index in [1.54, 1.807) is 0 Å². The largest absolute Gasteiger partial charge is 0.306 e. The molecule has 1 nitrogen and oxygen atoms in total. The van der Waals surface area contributed by atoms with E-state index in [0.29, 0.717) is 5.66 Å². The van der Waals surface area contributed by atoms with Crippen LogP contribution in [0.3, 0.4) is 0 Å². The minimum absolute atomic E-state index is 0.451. The molecule has 0 N–H and O–H groups in total. The topological polar surface area (TPSA) is 3.24 Å². The van der Waals surface area contributed by atoms with Gasteiger partial charge in [-0.05, 0) is 30.2 Å². The van der Waals surface area contributed by atoms with Crippen LogP contribution >= 0.6 is 6.85 Å². The standard InChI is InChI=1S/C21H19NPS/c24-23-21(16-15-17-9-3-1-4-10-17)19-13-7-8-14-20(19)22(23)18-11-5-2-6-12-18/h1-14,21H,15-16H2/q+1. The Balaban J connectivity index is 1.65. The van der Waals surface area contributed by atoms with E-state index in [-0.39, 0.29) is 0 Å². The lowest BCUT2D eigenvalue weighted by molar-refractivity contribution is 0.806. The van der Waals surface area contributed by atoms with E-state index >= 15 is 0 Å². The molecule has 4 rings (SSSR count). The molecule has 0 radical (unpaired) electrons. The number of anilines is 2. The van der Waals surface area contributed by atoms with Crippen molar-refractivity contribution in [3.63, 3.8) is 0 Å². The molecule has 0 amide bonds. The molecule has 2 atom stereocenters. The number of benzene rings is 3. The molecule has 1 aliphatic heterocycles. The minimum atomic E-state index is -0.675. The number of hydrogen-bond donors (Lipinski definition) is 0. The molecular formula is C21H19NPS+. The number of aryl methyl sites for hydroxylation is 1. The van der Waals surface area contributed by atoms with E-state index in [1.165, 1.54) is 22.5 Å². The van der Waals surface area contributed by atoms with Crippen molar-refractivity contribution in [3.05, 3.63) is 96.1 Å². The SMILES string of the molecule is S=[P+]1C(CCc2ccccc2)c2ccccc2N1c1ccccc1. The summed E-state index contributed by atoms with van der Waals surface area (Å²) in [5.41, 5.74) is 5.77. The lowest BCUT2D eigenvalue weighted by Crippen LogP contribution is -2.02. The quantitative estimate of drug-likeness (QED) is 0.504. The van der Waals surface area contributed by atoms with Crippen LogP contribution in [0, 0.1) is 0 Å². The van der Waals surface area contributed by atoms with Crippen LogP contribution in [0.15, 0.2) is 84.9 Å². The summed E-state index contributed by atoms with van der Waals surface area (Å²) in [7, 11) is 0. The first-order chi connectivity index (χ1) is 11.8. The van der Waals surface area contributed by atoms with Gasteiger partial charge in [0.1, 0.15) is 0 Å². The van der Waals surface area contributed by atoms with Gasteiger partial charge in [-0.25, -0.2) is 0 Å². The number of rotatable bonds is 4. The number of nitrogens with zero attached hydrogens (tertiary/aromatic N) is 1. The Hall–Kier alpha value is -2.02. The summed E-state index contributed by atoms with van der Waals surface area (Å²) in [6.45, 7) is -0.675. The summed E-state index contributed by atoms with van der Waals surface area (Å²) in [6.07, 6.45) is 2.19. The Morgan fingerprint density at radius 3 is 2.17 bits per heavy atom. The van der Waals surface area contributed by atoms with Crippen molar-refractivity contribution in [2.24, 2.45) is 0 Å². The van der Waals surface area contributed by atoms with Gasteiger partial charge in [-0.15, -0.1) is 0 Å². The molecule has 0 aromatic heterocycles. The zero-order chi connectivity index (χ0) is 16.4. The van der Waals surface area contributed by atoms with Crippen LogP contribution in [0.25, 0.3) is 0 Å². The van der Waals surface area contributed by atoms with Gasteiger partial charge in [0.05, 0.1) is 11.4 Å². The second-order valence-corrected chi connectivity index (χ2v) is 8.80. The van der Waals surface area contributed by atoms with E-state index in [9.17, 15) is 0 Å². The van der Waals surface area contributed by atoms with Crippen LogP contribution in [0.5, 0.6) is 0 Å². The summed E-state index contributed by atoms with van der Waals surface area (Å²) in [5, 5.41) is 0. The molecule has 1 aliphatic rings. The van der Waals surface area contributed by atoms with Crippen molar-refractivity contribution in [2.45, 2.75) is 18.5 Å². The molecule has 0 aliphatic carbocycles. The maximum Gasteiger partial charge on any atom is 0.306 e. The third-order valence-corrected chi connectivity index (χ3v) is 7.70. The lowest BCUT2D eigenvalue weighted by atomic mass is 10.0. The molecule has 24 heavy (non-hydrogen) atoms. The Bertz CT molecular complexity index is 848. The number of fused-ring (bicyclic) bond motifs is 1. The smallest absolute Gasteiger partial charge is 0.157 e.